The van der Waals surface area contributed by atoms with Crippen LogP contribution in [0.5, 0.6) is 0 Å². The summed E-state index contributed by atoms with van der Waals surface area (Å²) in [6, 6.07) is 39.5. The van der Waals surface area contributed by atoms with Crippen molar-refractivity contribution < 1.29 is 0 Å². The van der Waals surface area contributed by atoms with Crippen molar-refractivity contribution in [1.29, 1.82) is 5.26 Å². The number of hydrogen-bond donors (Lipinski definition) is 0. The Kier molecular flexibility index (Phi) is 5.93. The van der Waals surface area contributed by atoms with Gasteiger partial charge in [0.15, 0.2) is 0 Å². The van der Waals surface area contributed by atoms with Crippen LogP contribution >= 0.6 is 11.3 Å². The topological polar surface area (TPSA) is 36.7 Å². The molecule has 0 N–H and O–H groups in total. The van der Waals surface area contributed by atoms with Crippen LogP contribution in [0, 0.1) is 11.3 Å². The van der Waals surface area contributed by atoms with Gasteiger partial charge >= 0.3 is 0 Å². The monoisotopic (exact) mass is 440 g/mol. The predicted octanol–water partition coefficient (Wildman–Crippen LogP) is 8.21. The van der Waals surface area contributed by atoms with Gasteiger partial charge in [-0.05, 0) is 33.9 Å². The number of aromatic nitrogens is 1. The average Bonchev–Trinajstić information content (AvgIpc) is 3.39. The number of nitrogens with zero attached hydrogens (tertiary/aromatic N) is 2. The van der Waals surface area contributed by atoms with Crippen molar-refractivity contribution in [3.8, 4) is 39.6 Å². The van der Waals surface area contributed by atoms with Crippen LogP contribution in [0.25, 0.3) is 45.2 Å². The standard InChI is InChI=1S/C30H20N2S/c31-20-28(19-22-11-13-25(14-12-22)23-7-3-1-4-8-23)30-32-29(21-33-30)27-17-15-26(16-18-27)24-9-5-2-6-10-24/h1-19,21H/b28-19+. The fraction of sp³-hybridized carbons (Fsp3) is 0. The van der Waals surface area contributed by atoms with Crippen LogP contribution in [-0.4, -0.2) is 4.98 Å². The molecule has 1 aromatic heterocycles. The van der Waals surface area contributed by atoms with Crippen molar-refractivity contribution in [2.45, 2.75) is 0 Å². The summed E-state index contributed by atoms with van der Waals surface area (Å²) in [5.41, 5.74) is 8.17. The molecule has 156 valence electrons. The van der Waals surface area contributed by atoms with Gasteiger partial charge in [0.05, 0.1) is 11.3 Å². The lowest BCUT2D eigenvalue weighted by Crippen LogP contribution is -1.84. The Bertz CT molecular complexity index is 1420. The van der Waals surface area contributed by atoms with Crippen molar-refractivity contribution in [3.63, 3.8) is 0 Å². The van der Waals surface area contributed by atoms with Gasteiger partial charge < -0.3 is 0 Å². The summed E-state index contributed by atoms with van der Waals surface area (Å²) in [5, 5.41) is 12.5. The first-order valence-corrected chi connectivity index (χ1v) is 11.6. The summed E-state index contributed by atoms with van der Waals surface area (Å²) in [5.74, 6) is 0. The SMILES string of the molecule is N#C/C(=C\c1ccc(-c2ccccc2)cc1)c1nc(-c2ccc(-c3ccccc3)cc2)cs1. The molecule has 0 aliphatic rings. The maximum Gasteiger partial charge on any atom is 0.134 e. The number of rotatable bonds is 5. The molecule has 0 saturated carbocycles. The van der Waals surface area contributed by atoms with Crippen LogP contribution < -0.4 is 0 Å². The average molecular weight is 441 g/mol. The first-order valence-electron chi connectivity index (χ1n) is 10.7. The lowest BCUT2D eigenvalue weighted by atomic mass is 10.0. The number of benzene rings is 4. The van der Waals surface area contributed by atoms with Crippen LogP contribution in [0.1, 0.15) is 10.6 Å². The summed E-state index contributed by atoms with van der Waals surface area (Å²) < 4.78 is 0. The minimum Gasteiger partial charge on any atom is -0.235 e. The van der Waals surface area contributed by atoms with E-state index in [0.717, 1.165) is 27.4 Å². The van der Waals surface area contributed by atoms with Gasteiger partial charge in [-0.3, -0.25) is 0 Å². The Labute approximate surface area is 197 Å². The minimum absolute atomic E-state index is 0.569. The summed E-state index contributed by atoms with van der Waals surface area (Å²) in [6.07, 6.45) is 1.90. The van der Waals surface area contributed by atoms with Gasteiger partial charge in [0.1, 0.15) is 11.1 Å². The molecule has 33 heavy (non-hydrogen) atoms. The van der Waals surface area contributed by atoms with E-state index in [1.54, 1.807) is 0 Å². The zero-order chi connectivity index (χ0) is 22.5. The fourth-order valence-electron chi connectivity index (χ4n) is 3.70. The molecule has 0 unspecified atom stereocenters. The van der Waals surface area contributed by atoms with Crippen LogP contribution in [0.4, 0.5) is 0 Å². The van der Waals surface area contributed by atoms with Crippen molar-refractivity contribution in [1.82, 2.24) is 4.98 Å². The lowest BCUT2D eigenvalue weighted by molar-refractivity contribution is 1.37. The smallest absolute Gasteiger partial charge is 0.134 e. The van der Waals surface area contributed by atoms with Crippen molar-refractivity contribution in [3.05, 3.63) is 125 Å². The van der Waals surface area contributed by atoms with E-state index in [-0.39, 0.29) is 0 Å². The molecule has 0 bridgehead atoms. The molecular weight excluding hydrogens is 420 g/mol. The summed E-state index contributed by atoms with van der Waals surface area (Å²) in [4.78, 5) is 4.74. The number of nitriles is 1. The second-order valence-electron chi connectivity index (χ2n) is 7.64. The molecule has 0 radical (unpaired) electrons. The van der Waals surface area contributed by atoms with E-state index >= 15 is 0 Å². The highest BCUT2D eigenvalue weighted by Crippen LogP contribution is 2.29. The summed E-state index contributed by atoms with van der Waals surface area (Å²) >= 11 is 1.50. The Morgan fingerprint density at radius 1 is 0.636 bits per heavy atom. The lowest BCUT2D eigenvalue weighted by Gasteiger charge is -2.03. The molecule has 1 heterocycles. The van der Waals surface area contributed by atoms with Crippen molar-refractivity contribution >= 4 is 23.0 Å². The quantitative estimate of drug-likeness (QED) is 0.258. The molecule has 3 heteroatoms. The van der Waals surface area contributed by atoms with E-state index in [0.29, 0.717) is 5.57 Å². The predicted molar refractivity (Wildman–Crippen MR) is 138 cm³/mol. The van der Waals surface area contributed by atoms with Gasteiger partial charge in [0, 0.05) is 10.9 Å². The highest BCUT2D eigenvalue weighted by Gasteiger charge is 2.10. The van der Waals surface area contributed by atoms with Crippen LogP contribution in [0.2, 0.25) is 0 Å². The first-order chi connectivity index (χ1) is 16.3. The van der Waals surface area contributed by atoms with Gasteiger partial charge in [-0.1, -0.05) is 109 Å². The van der Waals surface area contributed by atoms with Gasteiger partial charge in [0.25, 0.3) is 0 Å². The second kappa shape index (κ2) is 9.48. The first kappa shape index (κ1) is 20.6. The number of hydrogen-bond acceptors (Lipinski definition) is 3. The molecule has 0 fully saturated rings. The summed E-state index contributed by atoms with van der Waals surface area (Å²) in [7, 11) is 0. The Hall–Kier alpha value is -4.26. The van der Waals surface area contributed by atoms with Gasteiger partial charge in [-0.2, -0.15) is 5.26 Å². The maximum absolute atomic E-state index is 9.76. The van der Waals surface area contributed by atoms with Crippen LogP contribution in [0.15, 0.2) is 115 Å². The van der Waals surface area contributed by atoms with Gasteiger partial charge in [-0.15, -0.1) is 11.3 Å². The van der Waals surface area contributed by atoms with Gasteiger partial charge in [-0.25, -0.2) is 4.98 Å². The zero-order valence-electron chi connectivity index (χ0n) is 17.8. The third kappa shape index (κ3) is 4.67. The van der Waals surface area contributed by atoms with E-state index in [1.165, 1.54) is 28.0 Å². The molecule has 0 spiro atoms. The Morgan fingerprint density at radius 3 is 1.67 bits per heavy atom. The zero-order valence-corrected chi connectivity index (χ0v) is 18.7. The van der Waals surface area contributed by atoms with E-state index in [4.69, 9.17) is 4.98 Å². The molecular formula is C30H20N2S. The Morgan fingerprint density at radius 2 is 1.12 bits per heavy atom. The van der Waals surface area contributed by atoms with E-state index in [1.807, 2.05) is 60.0 Å². The third-order valence-electron chi connectivity index (χ3n) is 5.47. The largest absolute Gasteiger partial charge is 0.235 e. The maximum atomic E-state index is 9.76. The fourth-order valence-corrected chi connectivity index (χ4v) is 4.50. The van der Waals surface area contributed by atoms with E-state index < -0.39 is 0 Å². The molecule has 2 nitrogen and oxygen atoms in total. The molecule has 0 aliphatic heterocycles. The molecule has 0 aliphatic carbocycles. The van der Waals surface area contributed by atoms with Gasteiger partial charge in [0.2, 0.25) is 0 Å². The molecule has 0 saturated heterocycles. The number of thiazole rings is 1. The third-order valence-corrected chi connectivity index (χ3v) is 6.35. The second-order valence-corrected chi connectivity index (χ2v) is 8.50. The van der Waals surface area contributed by atoms with E-state index in [2.05, 4.69) is 66.7 Å². The molecule has 0 atom stereocenters. The molecule has 4 aromatic carbocycles. The normalized spacial score (nSPS) is 11.2. The van der Waals surface area contributed by atoms with Crippen LogP contribution in [0.3, 0.4) is 0 Å². The molecule has 5 aromatic rings. The molecule has 0 amide bonds. The highest BCUT2D eigenvalue weighted by atomic mass is 32.1. The highest BCUT2D eigenvalue weighted by molar-refractivity contribution is 7.11. The van der Waals surface area contributed by atoms with Crippen molar-refractivity contribution in [2.24, 2.45) is 0 Å². The number of allylic oxidation sites excluding steroid dienone is 1. The minimum atomic E-state index is 0.569. The Balaban J connectivity index is 1.37. The van der Waals surface area contributed by atoms with E-state index in [9.17, 15) is 5.26 Å². The van der Waals surface area contributed by atoms with Crippen molar-refractivity contribution in [2.75, 3.05) is 0 Å². The summed E-state index contributed by atoms with van der Waals surface area (Å²) in [6.45, 7) is 0. The van der Waals surface area contributed by atoms with Crippen LogP contribution in [-0.2, 0) is 0 Å². The molecule has 5 rings (SSSR count).